The summed E-state index contributed by atoms with van der Waals surface area (Å²) in [7, 11) is 0. The smallest absolute Gasteiger partial charge is 0.173 e. The van der Waals surface area contributed by atoms with Crippen LogP contribution in [0.2, 0.25) is 0 Å². The number of hydrogen-bond acceptors (Lipinski definition) is 6. The van der Waals surface area contributed by atoms with Crippen molar-refractivity contribution in [2.45, 2.75) is 39.3 Å². The summed E-state index contributed by atoms with van der Waals surface area (Å²) in [6, 6.07) is 10.9. The van der Waals surface area contributed by atoms with Gasteiger partial charge in [0.15, 0.2) is 11.5 Å². The second-order valence-corrected chi connectivity index (χ2v) is 10.1. The molecule has 8 nitrogen and oxygen atoms in total. The van der Waals surface area contributed by atoms with E-state index in [1.807, 2.05) is 36.0 Å². The molecule has 6 rings (SSSR count). The van der Waals surface area contributed by atoms with E-state index in [1.165, 1.54) is 11.6 Å². The molecule has 9 heteroatoms. The monoisotopic (exact) mass is 497 g/mol. The lowest BCUT2D eigenvalue weighted by Gasteiger charge is -2.38. The van der Waals surface area contributed by atoms with Crippen molar-refractivity contribution in [2.75, 3.05) is 13.1 Å². The third-order valence-corrected chi connectivity index (χ3v) is 6.88. The first kappa shape index (κ1) is 23.3. The van der Waals surface area contributed by atoms with Crippen molar-refractivity contribution in [1.82, 2.24) is 34.3 Å². The molecule has 0 atom stereocenters. The maximum Gasteiger partial charge on any atom is 0.173 e. The van der Waals surface area contributed by atoms with Crippen LogP contribution in [0.5, 0.6) is 5.75 Å². The van der Waals surface area contributed by atoms with E-state index in [0.717, 1.165) is 31.0 Å². The molecule has 1 aliphatic rings. The molecule has 0 saturated carbocycles. The van der Waals surface area contributed by atoms with Crippen LogP contribution in [-0.4, -0.2) is 52.5 Å². The molecule has 0 radical (unpaired) electrons. The molecule has 1 saturated heterocycles. The Labute approximate surface area is 214 Å². The molecular formula is C28H28FN7O. The molecule has 4 aromatic heterocycles. The molecule has 0 spiro atoms. The minimum Gasteiger partial charge on any atom is -0.507 e. The van der Waals surface area contributed by atoms with E-state index >= 15 is 0 Å². The van der Waals surface area contributed by atoms with E-state index in [0.29, 0.717) is 34.3 Å². The van der Waals surface area contributed by atoms with Gasteiger partial charge >= 0.3 is 0 Å². The van der Waals surface area contributed by atoms with Gasteiger partial charge in [-0.2, -0.15) is 15.3 Å². The Hall–Kier alpha value is -4.11. The summed E-state index contributed by atoms with van der Waals surface area (Å²) in [5.41, 5.74) is 5.72. The van der Waals surface area contributed by atoms with Crippen LogP contribution in [0.1, 0.15) is 42.8 Å². The number of halogens is 1. The SMILES string of the molecule is Cc1cn2cc(-c3ccc(-c4ccc(C5CN(Cc6cnn(C(C)C)c6)C5)nn4)c(O)c3)cc(F)c2n1. The van der Waals surface area contributed by atoms with E-state index in [2.05, 4.69) is 45.2 Å². The number of benzene rings is 1. The molecule has 0 bridgehead atoms. The van der Waals surface area contributed by atoms with Crippen LogP contribution in [0, 0.1) is 12.7 Å². The van der Waals surface area contributed by atoms with Gasteiger partial charge in [-0.15, -0.1) is 0 Å². The predicted octanol–water partition coefficient (Wildman–Crippen LogP) is 4.99. The second-order valence-electron chi connectivity index (χ2n) is 10.1. The summed E-state index contributed by atoms with van der Waals surface area (Å²) in [6.45, 7) is 8.81. The summed E-state index contributed by atoms with van der Waals surface area (Å²) in [4.78, 5) is 6.57. The van der Waals surface area contributed by atoms with Gasteiger partial charge in [-0.3, -0.25) is 9.58 Å². The first-order chi connectivity index (χ1) is 17.8. The third-order valence-electron chi connectivity index (χ3n) is 6.88. The Morgan fingerprint density at radius 1 is 1.03 bits per heavy atom. The molecule has 1 N–H and O–H groups in total. The van der Waals surface area contributed by atoms with Crippen molar-refractivity contribution in [3.05, 3.63) is 84.0 Å². The van der Waals surface area contributed by atoms with Crippen LogP contribution < -0.4 is 0 Å². The maximum atomic E-state index is 14.5. The zero-order valence-electron chi connectivity index (χ0n) is 21.0. The molecule has 0 unspecified atom stereocenters. The highest BCUT2D eigenvalue weighted by Gasteiger charge is 2.29. The number of phenolic OH excluding ortho intramolecular Hbond substituents is 1. The van der Waals surface area contributed by atoms with Crippen molar-refractivity contribution in [1.29, 1.82) is 0 Å². The zero-order valence-corrected chi connectivity index (χ0v) is 21.0. The maximum absolute atomic E-state index is 14.5. The molecule has 0 aliphatic carbocycles. The van der Waals surface area contributed by atoms with Crippen molar-refractivity contribution in [3.8, 4) is 28.1 Å². The largest absolute Gasteiger partial charge is 0.507 e. The van der Waals surface area contributed by atoms with Crippen molar-refractivity contribution < 1.29 is 9.50 Å². The summed E-state index contributed by atoms with van der Waals surface area (Å²) < 4.78 is 18.2. The van der Waals surface area contributed by atoms with E-state index in [9.17, 15) is 9.50 Å². The van der Waals surface area contributed by atoms with Crippen molar-refractivity contribution in [3.63, 3.8) is 0 Å². The molecule has 37 heavy (non-hydrogen) atoms. The van der Waals surface area contributed by atoms with Gasteiger partial charge in [0.2, 0.25) is 0 Å². The van der Waals surface area contributed by atoms with Gasteiger partial charge in [-0.1, -0.05) is 6.07 Å². The molecule has 5 aromatic rings. The van der Waals surface area contributed by atoms with Crippen LogP contribution in [-0.2, 0) is 6.54 Å². The Balaban J connectivity index is 1.13. The summed E-state index contributed by atoms with van der Waals surface area (Å²) >= 11 is 0. The van der Waals surface area contributed by atoms with Crippen LogP contribution in [0.4, 0.5) is 4.39 Å². The second kappa shape index (κ2) is 9.08. The molecule has 5 heterocycles. The van der Waals surface area contributed by atoms with Crippen LogP contribution >= 0.6 is 0 Å². The Morgan fingerprint density at radius 2 is 1.86 bits per heavy atom. The summed E-state index contributed by atoms with van der Waals surface area (Å²) in [5.74, 6) is 0.00346. The number of fused-ring (bicyclic) bond motifs is 1. The molecule has 1 aromatic carbocycles. The number of aromatic nitrogens is 6. The standard InChI is InChI=1S/C28H28FN7O/c1-17(2)36-13-19(10-30-36)12-34-14-22(15-34)25-6-7-26(33-32-25)23-5-4-20(9-27(23)37)21-8-24(29)28-31-18(3)11-35(28)16-21/h4-11,13,16-17,22,37H,12,14-15H2,1-3H3. The number of imidazole rings is 1. The van der Waals surface area contributed by atoms with E-state index in [4.69, 9.17) is 0 Å². The Kier molecular flexibility index (Phi) is 5.72. The third kappa shape index (κ3) is 4.46. The number of rotatable bonds is 6. The number of aryl methyl sites for hydroxylation is 1. The fraction of sp³-hybridized carbons (Fsp3) is 0.286. The van der Waals surface area contributed by atoms with Gasteiger partial charge in [-0.05, 0) is 56.7 Å². The highest BCUT2D eigenvalue weighted by molar-refractivity contribution is 5.74. The molecule has 0 amide bonds. The Bertz CT molecular complexity index is 1580. The normalized spacial score (nSPS) is 14.5. The first-order valence-corrected chi connectivity index (χ1v) is 12.4. The van der Waals surface area contributed by atoms with Crippen LogP contribution in [0.15, 0.2) is 61.2 Å². The van der Waals surface area contributed by atoms with Crippen LogP contribution in [0.3, 0.4) is 0 Å². The predicted molar refractivity (Wildman–Crippen MR) is 139 cm³/mol. The number of nitrogens with zero attached hydrogens (tertiary/aromatic N) is 7. The fourth-order valence-electron chi connectivity index (χ4n) is 4.85. The number of aromatic hydroxyl groups is 1. The minimum absolute atomic E-state index is 0.0682. The van der Waals surface area contributed by atoms with Crippen molar-refractivity contribution >= 4 is 5.65 Å². The van der Waals surface area contributed by atoms with Gasteiger partial charge in [-0.25, -0.2) is 9.37 Å². The quantitative estimate of drug-likeness (QED) is 0.356. The fourth-order valence-corrected chi connectivity index (χ4v) is 4.85. The lowest BCUT2D eigenvalue weighted by atomic mass is 9.95. The lowest BCUT2D eigenvalue weighted by molar-refractivity contribution is 0.136. The lowest BCUT2D eigenvalue weighted by Crippen LogP contribution is -2.44. The Morgan fingerprint density at radius 3 is 2.57 bits per heavy atom. The van der Waals surface area contributed by atoms with E-state index in [1.54, 1.807) is 28.9 Å². The highest BCUT2D eigenvalue weighted by atomic mass is 19.1. The van der Waals surface area contributed by atoms with E-state index in [-0.39, 0.29) is 11.4 Å². The molecule has 1 aliphatic heterocycles. The summed E-state index contributed by atoms with van der Waals surface area (Å²) in [5, 5.41) is 24.0. The van der Waals surface area contributed by atoms with Gasteiger partial charge in [0.25, 0.3) is 0 Å². The van der Waals surface area contributed by atoms with Crippen molar-refractivity contribution in [2.24, 2.45) is 0 Å². The van der Waals surface area contributed by atoms with Gasteiger partial charge in [0.1, 0.15) is 5.75 Å². The molecule has 188 valence electrons. The topological polar surface area (TPSA) is 84.4 Å². The molecular weight excluding hydrogens is 469 g/mol. The average Bonchev–Trinajstić information content (AvgIpc) is 3.48. The molecule has 1 fully saturated rings. The summed E-state index contributed by atoms with van der Waals surface area (Å²) in [6.07, 6.45) is 7.62. The van der Waals surface area contributed by atoms with Gasteiger partial charge in [0.05, 0.1) is 23.3 Å². The minimum atomic E-state index is -0.407. The number of likely N-dealkylation sites (tertiary alicyclic amines) is 1. The first-order valence-electron chi connectivity index (χ1n) is 12.4. The van der Waals surface area contributed by atoms with Gasteiger partial charge in [0, 0.05) is 66.9 Å². The number of phenols is 1. The highest BCUT2D eigenvalue weighted by Crippen LogP contribution is 2.34. The average molecular weight is 498 g/mol. The zero-order chi connectivity index (χ0) is 25.7. The number of pyridine rings is 1. The van der Waals surface area contributed by atoms with Gasteiger partial charge < -0.3 is 9.51 Å². The van der Waals surface area contributed by atoms with Crippen LogP contribution in [0.25, 0.3) is 28.0 Å². The van der Waals surface area contributed by atoms with E-state index < -0.39 is 5.82 Å². The number of hydrogen-bond donors (Lipinski definition) is 1.